The number of nitrogen functional groups attached to an aromatic ring is 1. The molecule has 1 aromatic carbocycles. The molecule has 0 spiro atoms. The van der Waals surface area contributed by atoms with E-state index in [1.54, 1.807) is 35.9 Å². The number of hydrogen-bond donors (Lipinski definition) is 1. The van der Waals surface area contributed by atoms with Crippen LogP contribution in [0.3, 0.4) is 0 Å². The number of nitrogens with zero attached hydrogens (tertiary/aromatic N) is 6. The second-order valence-corrected chi connectivity index (χ2v) is 11.2. The summed E-state index contributed by atoms with van der Waals surface area (Å²) >= 11 is 5.98. The lowest BCUT2D eigenvalue weighted by Gasteiger charge is -2.40. The molecular weight excluding hydrogens is 602 g/mol. The number of pyridine rings is 2. The number of aromatic nitrogens is 4. The SMILES string of the molecule is C=CC(=O)N1CCN(c2nc(=O)n(-c3c(C)ccnc3C(C)C)c3nc(-c4c(F)c(N)c(F)c(F)c4Cl)c(F)cc23)C[C@H]1C. The molecule has 3 aromatic heterocycles. The predicted molar refractivity (Wildman–Crippen MR) is 160 cm³/mol. The lowest BCUT2D eigenvalue weighted by Crippen LogP contribution is -2.54. The van der Waals surface area contributed by atoms with Crippen LogP contribution in [0.25, 0.3) is 28.0 Å². The van der Waals surface area contributed by atoms with Gasteiger partial charge < -0.3 is 15.5 Å². The summed E-state index contributed by atoms with van der Waals surface area (Å²) in [6, 6.07) is 2.33. The minimum Gasteiger partial charge on any atom is -0.394 e. The molecule has 2 N–H and O–H groups in total. The van der Waals surface area contributed by atoms with Gasteiger partial charge in [-0.1, -0.05) is 32.0 Å². The van der Waals surface area contributed by atoms with Gasteiger partial charge in [0, 0.05) is 31.9 Å². The number of amides is 1. The van der Waals surface area contributed by atoms with Crippen LogP contribution in [0, 0.1) is 30.2 Å². The maximum atomic E-state index is 15.9. The van der Waals surface area contributed by atoms with Crippen molar-refractivity contribution in [3.05, 3.63) is 81.0 Å². The quantitative estimate of drug-likeness (QED) is 0.105. The third-order valence-corrected chi connectivity index (χ3v) is 8.00. The van der Waals surface area contributed by atoms with E-state index in [-0.39, 0.29) is 54.4 Å². The Kier molecular flexibility index (Phi) is 8.10. The zero-order valence-corrected chi connectivity index (χ0v) is 25.0. The van der Waals surface area contributed by atoms with Crippen molar-refractivity contribution in [2.45, 2.75) is 39.7 Å². The summed E-state index contributed by atoms with van der Waals surface area (Å²) in [6.07, 6.45) is 2.78. The Bertz CT molecular complexity index is 1880. The number of carbonyl (C=O) groups is 1. The van der Waals surface area contributed by atoms with Crippen molar-refractivity contribution in [3.63, 3.8) is 0 Å². The highest BCUT2D eigenvalue weighted by Gasteiger charge is 2.32. The maximum absolute atomic E-state index is 15.9. The maximum Gasteiger partial charge on any atom is 0.355 e. The summed E-state index contributed by atoms with van der Waals surface area (Å²) in [4.78, 5) is 42.6. The number of rotatable bonds is 5. The lowest BCUT2D eigenvalue weighted by molar-refractivity contribution is -0.128. The number of fused-ring (bicyclic) bond motifs is 1. The van der Waals surface area contributed by atoms with Gasteiger partial charge in [-0.15, -0.1) is 0 Å². The van der Waals surface area contributed by atoms with Crippen molar-refractivity contribution in [2.24, 2.45) is 0 Å². The normalized spacial score (nSPS) is 15.4. The van der Waals surface area contributed by atoms with Gasteiger partial charge in [0.2, 0.25) is 5.91 Å². The van der Waals surface area contributed by atoms with Crippen molar-refractivity contribution in [1.82, 2.24) is 24.4 Å². The standard InChI is InChI=1S/C30H28ClF4N7O2/c1-6-18(43)41-10-9-40(12-15(41)5)28-16-11-17(32)26(19-20(31)22(34)23(35)24(36)21(19)33)38-29(16)42(30(44)39-28)27-14(4)7-8-37-25(27)13(2)3/h6-8,11,13,15H,1,9-10,12,36H2,2-5H3/t15-/m1/s1. The number of hydrogen-bond acceptors (Lipinski definition) is 7. The number of aryl methyl sites for hydroxylation is 1. The molecule has 4 aromatic rings. The molecule has 1 fully saturated rings. The van der Waals surface area contributed by atoms with Crippen LogP contribution in [0.5, 0.6) is 0 Å². The van der Waals surface area contributed by atoms with Gasteiger partial charge in [-0.2, -0.15) is 4.98 Å². The average Bonchev–Trinajstić information content (AvgIpc) is 2.99. The zero-order valence-electron chi connectivity index (χ0n) is 24.3. The molecule has 0 aliphatic carbocycles. The fraction of sp³-hybridized carbons (Fsp3) is 0.300. The van der Waals surface area contributed by atoms with Crippen LogP contribution in [-0.2, 0) is 4.79 Å². The van der Waals surface area contributed by atoms with Crippen LogP contribution < -0.4 is 16.3 Å². The van der Waals surface area contributed by atoms with Crippen molar-refractivity contribution in [2.75, 3.05) is 30.3 Å². The monoisotopic (exact) mass is 629 g/mol. The highest BCUT2D eigenvalue weighted by Crippen LogP contribution is 2.40. The Morgan fingerprint density at radius 3 is 2.50 bits per heavy atom. The van der Waals surface area contributed by atoms with Crippen molar-refractivity contribution < 1.29 is 22.4 Å². The number of piperazine rings is 1. The Hall–Kier alpha value is -4.52. The number of carbonyl (C=O) groups excluding carboxylic acids is 1. The molecule has 0 radical (unpaired) electrons. The van der Waals surface area contributed by atoms with Gasteiger partial charge in [0.05, 0.1) is 27.4 Å². The van der Waals surface area contributed by atoms with Crippen LogP contribution in [0.2, 0.25) is 5.02 Å². The molecule has 5 rings (SSSR count). The molecule has 4 heterocycles. The van der Waals surface area contributed by atoms with E-state index in [1.807, 2.05) is 13.8 Å². The van der Waals surface area contributed by atoms with Crippen LogP contribution in [0.15, 0.2) is 35.8 Å². The van der Waals surface area contributed by atoms with Gasteiger partial charge in [-0.3, -0.25) is 9.78 Å². The van der Waals surface area contributed by atoms with Crippen molar-refractivity contribution in [3.8, 4) is 16.9 Å². The van der Waals surface area contributed by atoms with Crippen LogP contribution in [-0.4, -0.2) is 56.0 Å². The first-order chi connectivity index (χ1) is 20.8. The molecule has 1 amide bonds. The van der Waals surface area contributed by atoms with Gasteiger partial charge >= 0.3 is 5.69 Å². The molecule has 0 unspecified atom stereocenters. The third-order valence-electron chi connectivity index (χ3n) is 7.65. The minimum atomic E-state index is -1.73. The number of halogens is 5. The minimum absolute atomic E-state index is 0.0617. The molecule has 1 atom stereocenters. The smallest absolute Gasteiger partial charge is 0.355 e. The van der Waals surface area contributed by atoms with Crippen LogP contribution >= 0.6 is 11.6 Å². The molecular formula is C30H28ClF4N7O2. The Balaban J connectivity index is 1.86. The van der Waals surface area contributed by atoms with Crippen LogP contribution in [0.1, 0.15) is 37.9 Å². The van der Waals surface area contributed by atoms with E-state index in [9.17, 15) is 18.4 Å². The Morgan fingerprint density at radius 2 is 1.86 bits per heavy atom. The zero-order chi connectivity index (χ0) is 32.2. The average molecular weight is 630 g/mol. The van der Waals surface area contributed by atoms with E-state index in [1.165, 1.54) is 6.08 Å². The first-order valence-corrected chi connectivity index (χ1v) is 14.0. The summed E-state index contributed by atoms with van der Waals surface area (Å²) in [7, 11) is 0. The highest BCUT2D eigenvalue weighted by molar-refractivity contribution is 6.33. The molecule has 1 aliphatic heterocycles. The number of benzene rings is 1. The molecule has 0 saturated carbocycles. The van der Waals surface area contributed by atoms with E-state index in [0.717, 1.165) is 10.6 Å². The van der Waals surface area contributed by atoms with Gasteiger partial charge in [-0.05, 0) is 43.5 Å². The largest absolute Gasteiger partial charge is 0.394 e. The van der Waals surface area contributed by atoms with E-state index in [2.05, 4.69) is 21.5 Å². The number of anilines is 2. The molecule has 9 nitrogen and oxygen atoms in total. The third kappa shape index (κ3) is 4.94. The first kappa shape index (κ1) is 30.9. The fourth-order valence-electron chi connectivity index (χ4n) is 5.46. The number of nitrogens with two attached hydrogens (primary N) is 1. The van der Waals surface area contributed by atoms with Crippen molar-refractivity contribution in [1.29, 1.82) is 0 Å². The van der Waals surface area contributed by atoms with E-state index >= 15 is 8.78 Å². The molecule has 230 valence electrons. The second-order valence-electron chi connectivity index (χ2n) is 10.8. The fourth-order valence-corrected chi connectivity index (χ4v) is 5.72. The first-order valence-electron chi connectivity index (χ1n) is 13.7. The molecule has 1 saturated heterocycles. The molecule has 1 aliphatic rings. The van der Waals surface area contributed by atoms with E-state index in [4.69, 9.17) is 17.3 Å². The van der Waals surface area contributed by atoms with Crippen LogP contribution in [0.4, 0.5) is 29.1 Å². The molecule has 44 heavy (non-hydrogen) atoms. The second kappa shape index (κ2) is 11.5. The molecule has 0 bridgehead atoms. The lowest BCUT2D eigenvalue weighted by atomic mass is 10.0. The Morgan fingerprint density at radius 1 is 1.16 bits per heavy atom. The van der Waals surface area contributed by atoms with Gasteiger partial charge in [0.1, 0.15) is 17.2 Å². The predicted octanol–water partition coefficient (Wildman–Crippen LogP) is 5.29. The summed E-state index contributed by atoms with van der Waals surface area (Å²) in [5.74, 6) is -6.45. The highest BCUT2D eigenvalue weighted by atomic mass is 35.5. The topological polar surface area (TPSA) is 110 Å². The summed E-state index contributed by atoms with van der Waals surface area (Å²) in [5, 5.41) is -1.01. The van der Waals surface area contributed by atoms with Crippen molar-refractivity contribution >= 4 is 40.0 Å². The summed E-state index contributed by atoms with van der Waals surface area (Å²) in [5.41, 5.74) is 3.01. The van der Waals surface area contributed by atoms with E-state index in [0.29, 0.717) is 16.9 Å². The summed E-state index contributed by atoms with van der Waals surface area (Å²) < 4.78 is 61.1. The van der Waals surface area contributed by atoms with Gasteiger partial charge in [-0.25, -0.2) is 31.9 Å². The van der Waals surface area contributed by atoms with Gasteiger partial charge in [0.25, 0.3) is 0 Å². The summed E-state index contributed by atoms with van der Waals surface area (Å²) in [6.45, 7) is 11.5. The van der Waals surface area contributed by atoms with Gasteiger partial charge in [0.15, 0.2) is 28.9 Å². The van der Waals surface area contributed by atoms with E-state index < -0.39 is 50.9 Å². The molecule has 14 heteroatoms. The Labute approximate surface area is 254 Å².